The normalized spacial score (nSPS) is 14.1. The molecule has 0 saturated heterocycles. The second kappa shape index (κ2) is 14.2. The van der Waals surface area contributed by atoms with Crippen LogP contribution in [0.3, 0.4) is 0 Å². The van der Waals surface area contributed by atoms with Crippen molar-refractivity contribution in [2.45, 2.75) is 10.8 Å². The fourth-order valence-corrected chi connectivity index (χ4v) is 12.1. The molecule has 3 aliphatic rings. The number of fused-ring (bicyclic) bond motifs is 15. The summed E-state index contributed by atoms with van der Waals surface area (Å²) in [6, 6.07) is 84.0. The van der Waals surface area contributed by atoms with Crippen LogP contribution in [0, 0.1) is 0 Å². The molecule has 314 valence electrons. The highest BCUT2D eigenvalue weighted by atomic mass is 16.5. The highest BCUT2D eigenvalue weighted by Crippen LogP contribution is 2.63. The molecular formula is C64H41NO2. The molecule has 0 atom stereocenters. The number of hydrogen-bond acceptors (Lipinski definition) is 3. The van der Waals surface area contributed by atoms with Crippen molar-refractivity contribution in [2.24, 2.45) is 0 Å². The SMILES string of the molecule is C=Cc1ccc2c(c1)-c1ccc(N(c3ccc4c(c3)C3(c5ccccc5O4)c4ccccc4-c4ccccc43)c3cccc4oc5ccccc5c34)cc1C2(c1ccccc1)c1ccccc1. The summed E-state index contributed by atoms with van der Waals surface area (Å²) < 4.78 is 13.6. The summed E-state index contributed by atoms with van der Waals surface area (Å²) in [5.41, 5.74) is 19.1. The van der Waals surface area contributed by atoms with E-state index in [-0.39, 0.29) is 0 Å². The minimum absolute atomic E-state index is 0.613. The first kappa shape index (κ1) is 37.7. The van der Waals surface area contributed by atoms with Gasteiger partial charge >= 0.3 is 0 Å². The Morgan fingerprint density at radius 2 is 0.955 bits per heavy atom. The second-order valence-electron chi connectivity index (χ2n) is 17.9. The third-order valence-corrected chi connectivity index (χ3v) is 14.8. The van der Waals surface area contributed by atoms with Gasteiger partial charge in [-0.1, -0.05) is 183 Å². The number of anilines is 3. The maximum absolute atomic E-state index is 6.96. The van der Waals surface area contributed by atoms with Crippen LogP contribution in [-0.2, 0) is 10.8 Å². The van der Waals surface area contributed by atoms with Gasteiger partial charge < -0.3 is 14.1 Å². The summed E-state index contributed by atoms with van der Waals surface area (Å²) in [6.45, 7) is 4.18. The van der Waals surface area contributed by atoms with Gasteiger partial charge in [-0.3, -0.25) is 0 Å². The van der Waals surface area contributed by atoms with E-state index in [1.807, 2.05) is 12.1 Å². The molecule has 0 unspecified atom stereocenters. The molecule has 0 bridgehead atoms. The topological polar surface area (TPSA) is 25.6 Å². The number of para-hydroxylation sites is 2. The molecule has 67 heavy (non-hydrogen) atoms. The summed E-state index contributed by atoms with van der Waals surface area (Å²) in [6.07, 6.45) is 1.95. The first-order valence-corrected chi connectivity index (χ1v) is 23.0. The van der Waals surface area contributed by atoms with Crippen molar-refractivity contribution in [2.75, 3.05) is 4.90 Å². The molecule has 14 rings (SSSR count). The van der Waals surface area contributed by atoms with Gasteiger partial charge in [-0.2, -0.15) is 0 Å². The van der Waals surface area contributed by atoms with Crippen LogP contribution in [-0.4, -0.2) is 0 Å². The molecule has 0 amide bonds. The lowest BCUT2D eigenvalue weighted by molar-refractivity contribution is 0.436. The third kappa shape index (κ3) is 5.06. The number of furan rings is 1. The molecule has 1 aliphatic heterocycles. The highest BCUT2D eigenvalue weighted by molar-refractivity contribution is 6.13. The van der Waals surface area contributed by atoms with Crippen molar-refractivity contribution in [3.05, 3.63) is 287 Å². The molecule has 3 nitrogen and oxygen atoms in total. The standard InChI is InChI=1S/C64H41NO2/c1-2-41-32-36-53-50(38-41)48-35-33-44(39-55(48)63(53,42-18-5-3-6-19-42)43-20-7-4-8-21-43)65(57-28-17-31-61-62(57)49-24-11-15-29-58(49)66-61)45-34-37-60-56(40-45)64(54-27-14-16-30-59(54)67-60)51-25-12-9-22-46(51)47-23-10-13-26-52(47)64/h2-40H,1H2. The van der Waals surface area contributed by atoms with Crippen LogP contribution in [0.15, 0.2) is 242 Å². The van der Waals surface area contributed by atoms with Gasteiger partial charge in [0.25, 0.3) is 0 Å². The lowest BCUT2D eigenvalue weighted by Crippen LogP contribution is -2.32. The molecule has 2 heterocycles. The van der Waals surface area contributed by atoms with E-state index in [0.717, 1.165) is 67.2 Å². The van der Waals surface area contributed by atoms with E-state index in [4.69, 9.17) is 9.15 Å². The Morgan fingerprint density at radius 3 is 1.69 bits per heavy atom. The van der Waals surface area contributed by atoms with Crippen LogP contribution in [0.1, 0.15) is 50.1 Å². The molecule has 0 saturated carbocycles. The van der Waals surface area contributed by atoms with Crippen molar-refractivity contribution < 1.29 is 9.15 Å². The minimum Gasteiger partial charge on any atom is -0.457 e. The van der Waals surface area contributed by atoms with E-state index in [9.17, 15) is 0 Å². The first-order chi connectivity index (χ1) is 33.2. The second-order valence-corrected chi connectivity index (χ2v) is 17.9. The van der Waals surface area contributed by atoms with Gasteiger partial charge in [0.15, 0.2) is 0 Å². The number of rotatable bonds is 6. The number of benzene rings is 10. The van der Waals surface area contributed by atoms with Crippen LogP contribution >= 0.6 is 0 Å². The van der Waals surface area contributed by atoms with Crippen LogP contribution in [0.5, 0.6) is 11.5 Å². The quantitative estimate of drug-likeness (QED) is 0.167. The Labute approximate surface area is 389 Å². The Balaban J connectivity index is 1.09. The minimum atomic E-state index is -0.633. The van der Waals surface area contributed by atoms with Crippen LogP contribution in [0.25, 0.3) is 50.3 Å². The van der Waals surface area contributed by atoms with Crippen molar-refractivity contribution in [3.63, 3.8) is 0 Å². The fraction of sp³-hybridized carbons (Fsp3) is 0.0312. The van der Waals surface area contributed by atoms with E-state index >= 15 is 0 Å². The molecule has 0 radical (unpaired) electrons. The van der Waals surface area contributed by atoms with E-state index in [1.165, 1.54) is 55.6 Å². The molecule has 11 aromatic rings. The van der Waals surface area contributed by atoms with Crippen molar-refractivity contribution in [3.8, 4) is 33.8 Å². The molecular weight excluding hydrogens is 815 g/mol. The lowest BCUT2D eigenvalue weighted by atomic mass is 9.66. The summed E-state index contributed by atoms with van der Waals surface area (Å²) in [7, 11) is 0. The Bertz CT molecular complexity index is 3740. The summed E-state index contributed by atoms with van der Waals surface area (Å²) in [5.74, 6) is 1.71. The fourth-order valence-electron chi connectivity index (χ4n) is 12.1. The van der Waals surface area contributed by atoms with Gasteiger partial charge in [0, 0.05) is 27.9 Å². The number of hydrogen-bond donors (Lipinski definition) is 0. The highest BCUT2D eigenvalue weighted by Gasteiger charge is 2.51. The number of nitrogens with zero attached hydrogens (tertiary/aromatic N) is 1. The molecule has 3 heteroatoms. The van der Waals surface area contributed by atoms with Gasteiger partial charge in [0.05, 0.1) is 21.9 Å². The average Bonchev–Trinajstić information content (AvgIpc) is 4.02. The summed E-state index contributed by atoms with van der Waals surface area (Å²) >= 11 is 0. The predicted molar refractivity (Wildman–Crippen MR) is 273 cm³/mol. The molecule has 10 aromatic carbocycles. The van der Waals surface area contributed by atoms with E-state index in [1.54, 1.807) is 0 Å². The van der Waals surface area contributed by atoms with Crippen molar-refractivity contribution in [1.82, 2.24) is 0 Å². The zero-order chi connectivity index (χ0) is 44.3. The smallest absolute Gasteiger partial charge is 0.137 e. The van der Waals surface area contributed by atoms with Crippen LogP contribution in [0.2, 0.25) is 0 Å². The van der Waals surface area contributed by atoms with E-state index in [2.05, 4.69) is 236 Å². The molecule has 0 fully saturated rings. The van der Waals surface area contributed by atoms with Gasteiger partial charge in [-0.05, 0) is 122 Å². The van der Waals surface area contributed by atoms with Crippen molar-refractivity contribution in [1.29, 1.82) is 0 Å². The van der Waals surface area contributed by atoms with Crippen LogP contribution < -0.4 is 9.64 Å². The van der Waals surface area contributed by atoms with Crippen molar-refractivity contribution >= 4 is 45.1 Å². The summed E-state index contributed by atoms with van der Waals surface area (Å²) in [4.78, 5) is 2.45. The predicted octanol–water partition coefficient (Wildman–Crippen LogP) is 16.5. The van der Waals surface area contributed by atoms with Gasteiger partial charge in [-0.15, -0.1) is 0 Å². The Kier molecular flexibility index (Phi) is 7.97. The average molecular weight is 856 g/mol. The van der Waals surface area contributed by atoms with Gasteiger partial charge in [0.1, 0.15) is 22.7 Å². The van der Waals surface area contributed by atoms with E-state index in [0.29, 0.717) is 0 Å². The third-order valence-electron chi connectivity index (χ3n) is 14.8. The Hall–Kier alpha value is -8.66. The van der Waals surface area contributed by atoms with E-state index < -0.39 is 10.8 Å². The first-order valence-electron chi connectivity index (χ1n) is 23.0. The monoisotopic (exact) mass is 855 g/mol. The number of ether oxygens (including phenoxy) is 1. The molecule has 1 aromatic heterocycles. The molecule has 2 aliphatic carbocycles. The zero-order valence-electron chi connectivity index (χ0n) is 36.5. The van der Waals surface area contributed by atoms with Gasteiger partial charge in [0.2, 0.25) is 0 Å². The molecule has 1 spiro atoms. The molecule has 0 N–H and O–H groups in total. The summed E-state index contributed by atoms with van der Waals surface area (Å²) in [5, 5.41) is 2.12. The largest absolute Gasteiger partial charge is 0.457 e. The zero-order valence-corrected chi connectivity index (χ0v) is 36.5. The maximum Gasteiger partial charge on any atom is 0.137 e. The van der Waals surface area contributed by atoms with Crippen LogP contribution in [0.4, 0.5) is 17.1 Å². The lowest BCUT2D eigenvalue weighted by Gasteiger charge is -2.40. The Morgan fingerprint density at radius 1 is 0.388 bits per heavy atom. The maximum atomic E-state index is 6.96. The van der Waals surface area contributed by atoms with Gasteiger partial charge in [-0.25, -0.2) is 0 Å².